The number of hydrogen-bond donors (Lipinski definition) is 1. The van der Waals surface area contributed by atoms with Crippen LogP contribution in [0, 0.1) is 0 Å². The van der Waals surface area contributed by atoms with Crippen LogP contribution in [0.3, 0.4) is 0 Å². The quantitative estimate of drug-likeness (QED) is 0.901. The third-order valence-electron chi connectivity index (χ3n) is 3.77. The molecular formula is C17H25NO3. The van der Waals surface area contributed by atoms with E-state index in [1.807, 2.05) is 52.0 Å². The normalized spacial score (nSPS) is 21.6. The lowest BCUT2D eigenvalue weighted by atomic mass is 9.85. The van der Waals surface area contributed by atoms with Crippen LogP contribution in [0.15, 0.2) is 24.3 Å². The summed E-state index contributed by atoms with van der Waals surface area (Å²) in [5, 5.41) is 10.1. The highest BCUT2D eigenvalue weighted by molar-refractivity contribution is 5.69. The molecule has 0 saturated carbocycles. The Morgan fingerprint density at radius 1 is 1.29 bits per heavy atom. The van der Waals surface area contributed by atoms with E-state index in [4.69, 9.17) is 4.74 Å². The van der Waals surface area contributed by atoms with Gasteiger partial charge in [-0.25, -0.2) is 4.79 Å². The maximum Gasteiger partial charge on any atom is 0.410 e. The number of ether oxygens (including phenoxy) is 1. The second-order valence-corrected chi connectivity index (χ2v) is 6.50. The Balaban J connectivity index is 2.27. The van der Waals surface area contributed by atoms with Gasteiger partial charge in [-0.1, -0.05) is 24.3 Å². The van der Waals surface area contributed by atoms with Crippen molar-refractivity contribution < 1.29 is 14.6 Å². The molecule has 2 atom stereocenters. The minimum absolute atomic E-state index is 0.0237. The Bertz CT molecular complexity index is 507. The van der Waals surface area contributed by atoms with Crippen molar-refractivity contribution in [1.82, 2.24) is 4.90 Å². The van der Waals surface area contributed by atoms with Crippen molar-refractivity contribution in [3.8, 4) is 0 Å². The smallest absolute Gasteiger partial charge is 0.410 e. The van der Waals surface area contributed by atoms with E-state index in [-0.39, 0.29) is 12.1 Å². The van der Waals surface area contributed by atoms with Crippen LogP contribution >= 0.6 is 0 Å². The van der Waals surface area contributed by atoms with Crippen LogP contribution in [-0.2, 0) is 4.74 Å². The minimum Gasteiger partial charge on any atom is -0.444 e. The van der Waals surface area contributed by atoms with Crippen molar-refractivity contribution in [3.05, 3.63) is 35.4 Å². The number of fused-ring (bicyclic) bond motifs is 1. The third-order valence-corrected chi connectivity index (χ3v) is 3.77. The molecule has 116 valence electrons. The van der Waals surface area contributed by atoms with E-state index in [0.717, 1.165) is 17.5 Å². The van der Waals surface area contributed by atoms with Gasteiger partial charge in [0.25, 0.3) is 0 Å². The molecule has 1 aliphatic carbocycles. The average Bonchev–Trinajstić information content (AvgIpc) is 2.40. The zero-order valence-electron chi connectivity index (χ0n) is 13.3. The SMILES string of the molecule is CCN(C(=O)OC(C)(C)C)[C@H]1CC[C@@H](O)c2ccccc21. The second kappa shape index (κ2) is 6.06. The zero-order chi connectivity index (χ0) is 15.6. The Morgan fingerprint density at radius 3 is 2.48 bits per heavy atom. The minimum atomic E-state index is -0.502. The first-order valence-corrected chi connectivity index (χ1v) is 7.60. The number of carbonyl (C=O) groups excluding carboxylic acids is 1. The summed E-state index contributed by atoms with van der Waals surface area (Å²) in [7, 11) is 0. The Morgan fingerprint density at radius 2 is 1.90 bits per heavy atom. The van der Waals surface area contributed by atoms with Crippen molar-refractivity contribution in [3.63, 3.8) is 0 Å². The molecule has 0 unspecified atom stereocenters. The summed E-state index contributed by atoms with van der Waals surface area (Å²) < 4.78 is 5.51. The van der Waals surface area contributed by atoms with Crippen molar-refractivity contribution in [2.75, 3.05) is 6.54 Å². The summed E-state index contributed by atoms with van der Waals surface area (Å²) >= 11 is 0. The highest BCUT2D eigenvalue weighted by Crippen LogP contribution is 2.39. The summed E-state index contributed by atoms with van der Waals surface area (Å²) in [5.74, 6) is 0. The zero-order valence-corrected chi connectivity index (χ0v) is 13.3. The summed E-state index contributed by atoms with van der Waals surface area (Å²) in [4.78, 5) is 14.2. The molecule has 0 saturated heterocycles. The highest BCUT2D eigenvalue weighted by atomic mass is 16.6. The topological polar surface area (TPSA) is 49.8 Å². The fourth-order valence-corrected chi connectivity index (χ4v) is 2.87. The number of nitrogens with zero attached hydrogens (tertiary/aromatic N) is 1. The van der Waals surface area contributed by atoms with Gasteiger partial charge in [-0.15, -0.1) is 0 Å². The van der Waals surface area contributed by atoms with Crippen LogP contribution < -0.4 is 0 Å². The second-order valence-electron chi connectivity index (χ2n) is 6.50. The van der Waals surface area contributed by atoms with E-state index >= 15 is 0 Å². The standard InChI is InChI=1S/C17H25NO3/c1-5-18(16(20)21-17(2,3)4)14-10-11-15(19)13-9-7-6-8-12(13)14/h6-9,14-15,19H,5,10-11H2,1-4H3/t14-,15+/m0/s1. The molecule has 4 nitrogen and oxygen atoms in total. The predicted octanol–water partition coefficient (Wildman–Crippen LogP) is 3.81. The molecule has 0 spiro atoms. The first-order valence-electron chi connectivity index (χ1n) is 7.60. The lowest BCUT2D eigenvalue weighted by Crippen LogP contribution is -2.40. The molecule has 21 heavy (non-hydrogen) atoms. The lowest BCUT2D eigenvalue weighted by molar-refractivity contribution is 0.0120. The Labute approximate surface area is 126 Å². The van der Waals surface area contributed by atoms with Crippen LogP contribution in [0.25, 0.3) is 0 Å². The number of amides is 1. The molecule has 0 bridgehead atoms. The van der Waals surface area contributed by atoms with Gasteiger partial charge in [0.1, 0.15) is 5.60 Å². The summed E-state index contributed by atoms with van der Waals surface area (Å²) in [6.45, 7) is 8.16. The summed E-state index contributed by atoms with van der Waals surface area (Å²) in [5.41, 5.74) is 1.46. The molecule has 0 aliphatic heterocycles. The van der Waals surface area contributed by atoms with Crippen LogP contribution in [0.2, 0.25) is 0 Å². The molecule has 1 amide bonds. The van der Waals surface area contributed by atoms with Gasteiger partial charge in [0.05, 0.1) is 12.1 Å². The predicted molar refractivity (Wildman–Crippen MR) is 82.0 cm³/mol. The first-order chi connectivity index (χ1) is 9.83. The maximum absolute atomic E-state index is 12.4. The van der Waals surface area contributed by atoms with Crippen LogP contribution in [0.5, 0.6) is 0 Å². The van der Waals surface area contributed by atoms with Gasteiger partial charge in [0.15, 0.2) is 0 Å². The van der Waals surface area contributed by atoms with Gasteiger partial charge in [0.2, 0.25) is 0 Å². The van der Waals surface area contributed by atoms with E-state index in [1.165, 1.54) is 0 Å². The molecular weight excluding hydrogens is 266 g/mol. The van der Waals surface area contributed by atoms with Crippen molar-refractivity contribution >= 4 is 6.09 Å². The Kier molecular flexibility index (Phi) is 4.57. The molecule has 1 aromatic rings. The average molecular weight is 291 g/mol. The summed E-state index contributed by atoms with van der Waals surface area (Å²) in [6.07, 6.45) is 0.697. The van der Waals surface area contributed by atoms with Gasteiger partial charge in [0, 0.05) is 6.54 Å². The number of benzene rings is 1. The van der Waals surface area contributed by atoms with Crippen LogP contribution in [0.1, 0.15) is 63.8 Å². The fraction of sp³-hybridized carbons (Fsp3) is 0.588. The van der Waals surface area contributed by atoms with E-state index in [0.29, 0.717) is 13.0 Å². The third kappa shape index (κ3) is 3.56. The molecule has 2 rings (SSSR count). The van der Waals surface area contributed by atoms with E-state index in [1.54, 1.807) is 4.90 Å². The van der Waals surface area contributed by atoms with Crippen LogP contribution in [0.4, 0.5) is 4.79 Å². The van der Waals surface area contributed by atoms with Gasteiger partial charge in [-0.3, -0.25) is 0 Å². The molecule has 4 heteroatoms. The van der Waals surface area contributed by atoms with Gasteiger partial charge >= 0.3 is 6.09 Å². The first kappa shape index (κ1) is 15.8. The molecule has 0 radical (unpaired) electrons. The molecule has 1 aromatic carbocycles. The number of hydrogen-bond acceptors (Lipinski definition) is 3. The maximum atomic E-state index is 12.4. The highest BCUT2D eigenvalue weighted by Gasteiger charge is 2.33. The number of aliphatic hydroxyl groups is 1. The molecule has 1 aliphatic rings. The van der Waals surface area contributed by atoms with Crippen LogP contribution in [-0.4, -0.2) is 28.2 Å². The molecule has 0 heterocycles. The lowest BCUT2D eigenvalue weighted by Gasteiger charge is -2.37. The van der Waals surface area contributed by atoms with E-state index < -0.39 is 11.7 Å². The monoisotopic (exact) mass is 291 g/mol. The molecule has 0 aromatic heterocycles. The van der Waals surface area contributed by atoms with Crippen molar-refractivity contribution in [2.24, 2.45) is 0 Å². The van der Waals surface area contributed by atoms with Gasteiger partial charge < -0.3 is 14.7 Å². The fourth-order valence-electron chi connectivity index (χ4n) is 2.87. The van der Waals surface area contributed by atoms with Crippen molar-refractivity contribution in [1.29, 1.82) is 0 Å². The molecule has 1 N–H and O–H groups in total. The van der Waals surface area contributed by atoms with Gasteiger partial charge in [-0.2, -0.15) is 0 Å². The van der Waals surface area contributed by atoms with Gasteiger partial charge in [-0.05, 0) is 51.7 Å². The summed E-state index contributed by atoms with van der Waals surface area (Å²) in [6, 6.07) is 7.79. The largest absolute Gasteiger partial charge is 0.444 e. The molecule has 0 fully saturated rings. The van der Waals surface area contributed by atoms with E-state index in [9.17, 15) is 9.90 Å². The Hall–Kier alpha value is -1.55. The number of carbonyl (C=O) groups is 1. The number of aliphatic hydroxyl groups excluding tert-OH is 1. The number of rotatable bonds is 2. The van der Waals surface area contributed by atoms with E-state index in [2.05, 4.69) is 0 Å². The van der Waals surface area contributed by atoms with Crippen molar-refractivity contribution in [2.45, 2.75) is 58.3 Å².